The Bertz CT molecular complexity index is 280. The highest BCUT2D eigenvalue weighted by Gasteiger charge is 2.49. The molecule has 0 spiro atoms. The number of hydrogen-bond donors (Lipinski definition) is 3. The number of nitrogens with two attached hydrogens (primary N) is 2. The zero-order valence-electron chi connectivity index (χ0n) is 9.72. The van der Waals surface area contributed by atoms with Crippen LogP contribution in [0.3, 0.4) is 0 Å². The minimum Gasteiger partial charge on any atom is -0.480 e. The van der Waals surface area contributed by atoms with Crippen LogP contribution < -0.4 is 11.6 Å². The second kappa shape index (κ2) is 5.30. The highest BCUT2D eigenvalue weighted by atomic mass is 16.4. The van der Waals surface area contributed by atoms with Gasteiger partial charge in [0.05, 0.1) is 0 Å². The summed E-state index contributed by atoms with van der Waals surface area (Å²) in [6.45, 7) is 2.09. The second-order valence-electron chi connectivity index (χ2n) is 4.68. The highest BCUT2D eigenvalue weighted by Crippen LogP contribution is 2.40. The van der Waals surface area contributed by atoms with Crippen molar-refractivity contribution in [1.82, 2.24) is 0 Å². The van der Waals surface area contributed by atoms with Crippen molar-refractivity contribution in [3.05, 3.63) is 0 Å². The first-order chi connectivity index (χ1) is 7.54. The topological polar surface area (TPSA) is 102 Å². The number of carboxylic acids is 1. The van der Waals surface area contributed by atoms with Crippen molar-refractivity contribution in [1.29, 1.82) is 0 Å². The van der Waals surface area contributed by atoms with E-state index < -0.39 is 11.5 Å². The zero-order chi connectivity index (χ0) is 12.2. The van der Waals surface area contributed by atoms with Gasteiger partial charge < -0.3 is 16.7 Å². The number of carbonyl (C=O) groups is 1. The number of nitrogens with zero attached hydrogens (tertiary/aromatic N) is 1. The van der Waals surface area contributed by atoms with Gasteiger partial charge in [0.25, 0.3) is 0 Å². The summed E-state index contributed by atoms with van der Waals surface area (Å²) < 4.78 is 0. The molecule has 3 atom stereocenters. The van der Waals surface area contributed by atoms with E-state index in [1.54, 1.807) is 6.21 Å². The minimum atomic E-state index is -1.10. The summed E-state index contributed by atoms with van der Waals surface area (Å²) in [6.07, 6.45) is 5.79. The average molecular weight is 227 g/mol. The van der Waals surface area contributed by atoms with Gasteiger partial charge in [0.2, 0.25) is 0 Å². The molecule has 92 valence electrons. The van der Waals surface area contributed by atoms with Gasteiger partial charge in [-0.05, 0) is 31.1 Å². The van der Waals surface area contributed by atoms with Crippen molar-refractivity contribution in [2.75, 3.05) is 0 Å². The van der Waals surface area contributed by atoms with Gasteiger partial charge in [-0.25, -0.2) is 0 Å². The first-order valence-electron chi connectivity index (χ1n) is 5.80. The number of carboxylic acid groups (broad SMARTS) is 1. The Balaban J connectivity index is 2.74. The predicted molar refractivity (Wildman–Crippen MR) is 63.0 cm³/mol. The molecule has 0 aromatic heterocycles. The van der Waals surface area contributed by atoms with Gasteiger partial charge >= 0.3 is 5.97 Å². The Kier molecular flexibility index (Phi) is 4.29. The van der Waals surface area contributed by atoms with Crippen molar-refractivity contribution in [3.63, 3.8) is 0 Å². The van der Waals surface area contributed by atoms with Crippen LogP contribution in [0.25, 0.3) is 0 Å². The molecule has 5 heteroatoms. The van der Waals surface area contributed by atoms with Gasteiger partial charge in [0.15, 0.2) is 0 Å². The summed E-state index contributed by atoms with van der Waals surface area (Å²) in [5.74, 6) is 4.34. The summed E-state index contributed by atoms with van der Waals surface area (Å²) in [5, 5.41) is 12.7. The average Bonchev–Trinajstić information content (AvgIpc) is 2.54. The molecule has 1 aliphatic carbocycles. The molecule has 0 bridgehead atoms. The molecule has 1 fully saturated rings. The van der Waals surface area contributed by atoms with Crippen molar-refractivity contribution in [2.24, 2.45) is 28.5 Å². The molecule has 5 N–H and O–H groups in total. The van der Waals surface area contributed by atoms with E-state index in [0.29, 0.717) is 6.42 Å². The summed E-state index contributed by atoms with van der Waals surface area (Å²) in [5.41, 5.74) is 4.91. The Morgan fingerprint density at radius 1 is 1.69 bits per heavy atom. The van der Waals surface area contributed by atoms with Gasteiger partial charge in [-0.15, -0.1) is 0 Å². The van der Waals surface area contributed by atoms with Crippen LogP contribution in [-0.2, 0) is 4.79 Å². The van der Waals surface area contributed by atoms with E-state index in [4.69, 9.17) is 11.6 Å². The fraction of sp³-hybridized carbons (Fsp3) is 0.818. The van der Waals surface area contributed by atoms with Crippen molar-refractivity contribution in [3.8, 4) is 0 Å². The van der Waals surface area contributed by atoms with Gasteiger partial charge in [-0.1, -0.05) is 19.8 Å². The molecule has 0 heterocycles. The molecule has 0 aromatic carbocycles. The number of rotatable bonds is 5. The first kappa shape index (κ1) is 13.0. The molecule has 1 aliphatic rings. The maximum Gasteiger partial charge on any atom is 0.323 e. The van der Waals surface area contributed by atoms with Crippen LogP contribution in [0.4, 0.5) is 0 Å². The summed E-state index contributed by atoms with van der Waals surface area (Å²) in [7, 11) is 0. The fourth-order valence-corrected chi connectivity index (χ4v) is 2.58. The molecule has 3 unspecified atom stereocenters. The lowest BCUT2D eigenvalue weighted by atomic mass is 9.84. The lowest BCUT2D eigenvalue weighted by Crippen LogP contribution is -2.51. The largest absolute Gasteiger partial charge is 0.480 e. The van der Waals surface area contributed by atoms with Gasteiger partial charge in [-0.2, -0.15) is 5.10 Å². The smallest absolute Gasteiger partial charge is 0.323 e. The molecule has 0 amide bonds. The Hall–Kier alpha value is -1.10. The Labute approximate surface area is 95.9 Å². The van der Waals surface area contributed by atoms with Crippen LogP contribution in [0.2, 0.25) is 0 Å². The highest BCUT2D eigenvalue weighted by molar-refractivity contribution is 5.81. The third-order valence-corrected chi connectivity index (χ3v) is 3.52. The number of aliphatic carboxylic acids is 1. The van der Waals surface area contributed by atoms with Crippen LogP contribution in [0, 0.1) is 11.8 Å². The third-order valence-electron chi connectivity index (χ3n) is 3.52. The minimum absolute atomic E-state index is 0.0351. The molecule has 0 aromatic rings. The van der Waals surface area contributed by atoms with E-state index >= 15 is 0 Å². The molecule has 0 radical (unpaired) electrons. The zero-order valence-corrected chi connectivity index (χ0v) is 9.72. The lowest BCUT2D eigenvalue weighted by Gasteiger charge is -2.26. The van der Waals surface area contributed by atoms with Crippen LogP contribution in [0.15, 0.2) is 5.10 Å². The number of hydrazone groups is 1. The maximum absolute atomic E-state index is 11.2. The van der Waals surface area contributed by atoms with Crippen molar-refractivity contribution >= 4 is 12.2 Å². The molecule has 0 aliphatic heterocycles. The molecule has 1 rings (SSSR count). The fourth-order valence-electron chi connectivity index (χ4n) is 2.58. The van der Waals surface area contributed by atoms with Gasteiger partial charge in [0.1, 0.15) is 5.54 Å². The monoisotopic (exact) mass is 227 g/mol. The van der Waals surface area contributed by atoms with E-state index in [-0.39, 0.29) is 11.8 Å². The van der Waals surface area contributed by atoms with Gasteiger partial charge in [-0.3, -0.25) is 4.79 Å². The quantitative estimate of drug-likeness (QED) is 0.369. The van der Waals surface area contributed by atoms with E-state index in [1.165, 1.54) is 0 Å². The van der Waals surface area contributed by atoms with Crippen LogP contribution in [0.5, 0.6) is 0 Å². The molecule has 16 heavy (non-hydrogen) atoms. The van der Waals surface area contributed by atoms with E-state index in [1.807, 2.05) is 0 Å². The summed E-state index contributed by atoms with van der Waals surface area (Å²) >= 11 is 0. The van der Waals surface area contributed by atoms with Crippen molar-refractivity contribution < 1.29 is 9.90 Å². The standard InChI is InChI=1S/C11H21N3O2/c1-2-3-4-9-5-8(7-14-13)6-11(9,12)10(15)16/h7-9H,2-6,12-13H2,1H3,(H,15,16). The molecule has 0 saturated heterocycles. The molecular formula is C11H21N3O2. The predicted octanol–water partition coefficient (Wildman–Crippen LogP) is 0.929. The Morgan fingerprint density at radius 3 is 2.88 bits per heavy atom. The summed E-state index contributed by atoms with van der Waals surface area (Å²) in [6, 6.07) is 0. The van der Waals surface area contributed by atoms with Crippen LogP contribution >= 0.6 is 0 Å². The van der Waals surface area contributed by atoms with E-state index in [9.17, 15) is 9.90 Å². The van der Waals surface area contributed by atoms with E-state index in [2.05, 4.69) is 12.0 Å². The number of hydrogen-bond acceptors (Lipinski definition) is 4. The Morgan fingerprint density at radius 2 is 2.38 bits per heavy atom. The number of unbranched alkanes of at least 4 members (excludes halogenated alkanes) is 1. The maximum atomic E-state index is 11.2. The van der Waals surface area contributed by atoms with Crippen LogP contribution in [-0.4, -0.2) is 22.8 Å². The van der Waals surface area contributed by atoms with Crippen LogP contribution in [0.1, 0.15) is 39.0 Å². The van der Waals surface area contributed by atoms with Gasteiger partial charge in [0, 0.05) is 6.21 Å². The molecule has 5 nitrogen and oxygen atoms in total. The summed E-state index contributed by atoms with van der Waals surface area (Å²) in [4.78, 5) is 11.2. The lowest BCUT2D eigenvalue weighted by molar-refractivity contribution is -0.144. The third kappa shape index (κ3) is 2.52. The van der Waals surface area contributed by atoms with Crippen molar-refractivity contribution in [2.45, 2.75) is 44.6 Å². The SMILES string of the molecule is CCCCC1CC(C=NN)CC1(N)C(=O)O. The first-order valence-corrected chi connectivity index (χ1v) is 5.80. The van der Waals surface area contributed by atoms with E-state index in [0.717, 1.165) is 25.7 Å². The molecular weight excluding hydrogens is 206 g/mol. The normalized spacial score (nSPS) is 34.6. The molecule has 1 saturated carbocycles. The second-order valence-corrected chi connectivity index (χ2v) is 4.68.